The molecule has 4 atom stereocenters. The van der Waals surface area contributed by atoms with Crippen molar-refractivity contribution in [3.05, 3.63) is 35.5 Å². The van der Waals surface area contributed by atoms with Gasteiger partial charge in [0.1, 0.15) is 6.10 Å². The van der Waals surface area contributed by atoms with E-state index in [9.17, 15) is 15.0 Å². The van der Waals surface area contributed by atoms with E-state index < -0.39 is 30.2 Å². The lowest BCUT2D eigenvalue weighted by atomic mass is 9.85. The standard InChI is InChI=1S/C15H20O4/c1-8-4-11(16)5-9(2)7-13-14(12(17)6-8)10(3)15(18)19-13/h4,7,11-14,16-17H,3,5-6H2,1-2H3/t11-,12-,13-,14-/m1/s1. The highest BCUT2D eigenvalue weighted by Gasteiger charge is 2.42. The molecule has 4 heteroatoms. The molecule has 0 radical (unpaired) electrons. The Kier molecular flexibility index (Phi) is 3.92. The van der Waals surface area contributed by atoms with E-state index in [1.807, 2.05) is 19.9 Å². The fourth-order valence-electron chi connectivity index (χ4n) is 2.79. The van der Waals surface area contributed by atoms with Gasteiger partial charge >= 0.3 is 5.97 Å². The third-order valence-electron chi connectivity index (χ3n) is 3.66. The number of carbonyl (C=O) groups excluding carboxylic acids is 1. The normalized spacial score (nSPS) is 36.2. The number of fused-ring (bicyclic) bond motifs is 1. The van der Waals surface area contributed by atoms with Gasteiger partial charge < -0.3 is 14.9 Å². The van der Waals surface area contributed by atoms with Crippen LogP contribution in [0.2, 0.25) is 0 Å². The van der Waals surface area contributed by atoms with Crippen LogP contribution in [0.1, 0.15) is 26.7 Å². The summed E-state index contributed by atoms with van der Waals surface area (Å²) >= 11 is 0. The molecule has 2 rings (SSSR count). The predicted molar refractivity (Wildman–Crippen MR) is 71.3 cm³/mol. The summed E-state index contributed by atoms with van der Waals surface area (Å²) in [5.74, 6) is -0.847. The maximum atomic E-state index is 11.6. The summed E-state index contributed by atoms with van der Waals surface area (Å²) in [4.78, 5) is 11.6. The largest absolute Gasteiger partial charge is 0.454 e. The second kappa shape index (κ2) is 5.31. The van der Waals surface area contributed by atoms with Crippen LogP contribution in [0.4, 0.5) is 0 Å². The number of aliphatic hydroxyl groups excluding tert-OH is 2. The Balaban J connectivity index is 2.36. The van der Waals surface area contributed by atoms with Gasteiger partial charge in [0.25, 0.3) is 0 Å². The highest BCUT2D eigenvalue weighted by molar-refractivity contribution is 5.91. The molecule has 4 nitrogen and oxygen atoms in total. The predicted octanol–water partition coefficient (Wildman–Crippen LogP) is 1.49. The van der Waals surface area contributed by atoms with Crippen molar-refractivity contribution in [1.82, 2.24) is 0 Å². The van der Waals surface area contributed by atoms with Gasteiger partial charge in [-0.05, 0) is 32.8 Å². The molecule has 1 saturated heterocycles. The van der Waals surface area contributed by atoms with Gasteiger partial charge in [-0.1, -0.05) is 23.8 Å². The molecule has 0 saturated carbocycles. The van der Waals surface area contributed by atoms with Gasteiger partial charge in [0, 0.05) is 5.57 Å². The highest BCUT2D eigenvalue weighted by atomic mass is 16.6. The molecule has 0 aromatic heterocycles. The summed E-state index contributed by atoms with van der Waals surface area (Å²) in [6, 6.07) is 0. The number of esters is 1. The maximum absolute atomic E-state index is 11.6. The van der Waals surface area contributed by atoms with E-state index in [-0.39, 0.29) is 0 Å². The molecule has 0 bridgehead atoms. The van der Waals surface area contributed by atoms with Gasteiger partial charge in [0.2, 0.25) is 0 Å². The third-order valence-corrected chi connectivity index (χ3v) is 3.66. The molecule has 1 fully saturated rings. The van der Waals surface area contributed by atoms with Crippen LogP contribution in [-0.2, 0) is 9.53 Å². The van der Waals surface area contributed by atoms with Crippen LogP contribution in [0.25, 0.3) is 0 Å². The molecule has 0 spiro atoms. The van der Waals surface area contributed by atoms with E-state index in [1.54, 1.807) is 6.08 Å². The molecular formula is C15H20O4. The number of aliphatic hydroxyl groups is 2. The van der Waals surface area contributed by atoms with Crippen LogP contribution in [0.5, 0.6) is 0 Å². The number of hydrogen-bond donors (Lipinski definition) is 2. The van der Waals surface area contributed by atoms with Crippen LogP contribution >= 0.6 is 0 Å². The monoisotopic (exact) mass is 264 g/mol. The van der Waals surface area contributed by atoms with E-state index in [0.717, 1.165) is 11.1 Å². The van der Waals surface area contributed by atoms with Crippen molar-refractivity contribution in [3.63, 3.8) is 0 Å². The molecule has 0 aromatic carbocycles. The summed E-state index contributed by atoms with van der Waals surface area (Å²) in [5.41, 5.74) is 2.17. The van der Waals surface area contributed by atoms with Crippen molar-refractivity contribution in [1.29, 1.82) is 0 Å². The first kappa shape index (κ1) is 14.0. The summed E-state index contributed by atoms with van der Waals surface area (Å²) in [7, 11) is 0. The summed E-state index contributed by atoms with van der Waals surface area (Å²) in [6.07, 6.45) is 2.69. The lowest BCUT2D eigenvalue weighted by molar-refractivity contribution is -0.137. The van der Waals surface area contributed by atoms with E-state index in [4.69, 9.17) is 4.74 Å². The Morgan fingerprint density at radius 2 is 1.84 bits per heavy atom. The zero-order chi connectivity index (χ0) is 14.2. The molecule has 2 N–H and O–H groups in total. The minimum atomic E-state index is -0.727. The zero-order valence-corrected chi connectivity index (χ0v) is 11.3. The minimum absolute atomic E-state index is 0.329. The van der Waals surface area contributed by atoms with E-state index in [0.29, 0.717) is 18.4 Å². The Morgan fingerprint density at radius 1 is 1.21 bits per heavy atom. The van der Waals surface area contributed by atoms with Crippen molar-refractivity contribution in [2.24, 2.45) is 5.92 Å². The number of rotatable bonds is 0. The maximum Gasteiger partial charge on any atom is 0.334 e. The van der Waals surface area contributed by atoms with Gasteiger partial charge in [0.15, 0.2) is 0 Å². The molecule has 19 heavy (non-hydrogen) atoms. The molecule has 0 unspecified atom stereocenters. The first-order chi connectivity index (χ1) is 8.88. The zero-order valence-electron chi connectivity index (χ0n) is 11.3. The van der Waals surface area contributed by atoms with Crippen LogP contribution in [0.3, 0.4) is 0 Å². The number of hydrogen-bond acceptors (Lipinski definition) is 4. The second-order valence-corrected chi connectivity index (χ2v) is 5.49. The second-order valence-electron chi connectivity index (χ2n) is 5.49. The lowest BCUT2D eigenvalue weighted by Crippen LogP contribution is -2.29. The van der Waals surface area contributed by atoms with Gasteiger partial charge in [-0.3, -0.25) is 0 Å². The summed E-state index contributed by atoms with van der Waals surface area (Å²) < 4.78 is 5.24. The quantitative estimate of drug-likeness (QED) is 0.395. The van der Waals surface area contributed by atoms with Crippen molar-refractivity contribution in [2.75, 3.05) is 0 Å². The minimum Gasteiger partial charge on any atom is -0.454 e. The lowest BCUT2D eigenvalue weighted by Gasteiger charge is -2.23. The van der Waals surface area contributed by atoms with Gasteiger partial charge in [-0.15, -0.1) is 0 Å². The van der Waals surface area contributed by atoms with Crippen molar-refractivity contribution in [3.8, 4) is 0 Å². The van der Waals surface area contributed by atoms with Crippen LogP contribution in [0, 0.1) is 5.92 Å². The van der Waals surface area contributed by atoms with Crippen molar-refractivity contribution >= 4 is 5.97 Å². The van der Waals surface area contributed by atoms with Crippen molar-refractivity contribution in [2.45, 2.75) is 45.0 Å². The fraction of sp³-hybridized carbons (Fsp3) is 0.533. The molecule has 1 aliphatic carbocycles. The fourth-order valence-corrected chi connectivity index (χ4v) is 2.79. The smallest absolute Gasteiger partial charge is 0.334 e. The first-order valence-corrected chi connectivity index (χ1v) is 6.49. The Hall–Kier alpha value is -1.39. The van der Waals surface area contributed by atoms with Crippen LogP contribution in [-0.4, -0.2) is 34.5 Å². The van der Waals surface area contributed by atoms with Crippen molar-refractivity contribution < 1.29 is 19.7 Å². The molecular weight excluding hydrogens is 244 g/mol. The number of ether oxygens (including phenoxy) is 1. The average Bonchev–Trinajstić information content (AvgIpc) is 2.52. The van der Waals surface area contributed by atoms with E-state index >= 15 is 0 Å². The van der Waals surface area contributed by atoms with Gasteiger partial charge in [-0.2, -0.15) is 0 Å². The average molecular weight is 264 g/mol. The molecule has 1 aliphatic heterocycles. The van der Waals surface area contributed by atoms with Gasteiger partial charge in [-0.25, -0.2) is 4.79 Å². The van der Waals surface area contributed by atoms with Crippen LogP contribution < -0.4 is 0 Å². The molecule has 0 aromatic rings. The first-order valence-electron chi connectivity index (χ1n) is 6.49. The summed E-state index contributed by atoms with van der Waals surface area (Å²) in [6.45, 7) is 7.47. The topological polar surface area (TPSA) is 66.8 Å². The summed E-state index contributed by atoms with van der Waals surface area (Å²) in [5, 5.41) is 20.2. The third kappa shape index (κ3) is 2.96. The Morgan fingerprint density at radius 3 is 2.53 bits per heavy atom. The Labute approximate surface area is 113 Å². The number of carbonyl (C=O) groups is 1. The molecule has 0 amide bonds. The van der Waals surface area contributed by atoms with Gasteiger partial charge in [0.05, 0.1) is 18.1 Å². The SMILES string of the molecule is C=C1C(=O)O[C@@H]2C=C(C)C[C@H](O)C=C(C)C[C@@H](O)[C@@H]12. The molecule has 2 aliphatic rings. The molecule has 104 valence electrons. The van der Waals surface area contributed by atoms with E-state index in [1.165, 1.54) is 0 Å². The highest BCUT2D eigenvalue weighted by Crippen LogP contribution is 2.34. The Bertz CT molecular complexity index is 461. The van der Waals surface area contributed by atoms with E-state index in [2.05, 4.69) is 6.58 Å². The van der Waals surface area contributed by atoms with Crippen LogP contribution in [0.15, 0.2) is 35.5 Å². The molecule has 1 heterocycles.